The van der Waals surface area contributed by atoms with Crippen molar-refractivity contribution in [3.8, 4) is 16.9 Å². The summed E-state index contributed by atoms with van der Waals surface area (Å²) in [7, 11) is 0. The smallest absolute Gasteiger partial charge is 0.410 e. The minimum atomic E-state index is -4.40. The number of rotatable bonds is 4. The molecule has 2 heterocycles. The molecule has 1 aliphatic rings. The summed E-state index contributed by atoms with van der Waals surface area (Å²) < 4.78 is 49.8. The van der Waals surface area contributed by atoms with Crippen molar-refractivity contribution in [1.29, 1.82) is 0 Å². The van der Waals surface area contributed by atoms with E-state index in [1.165, 1.54) is 12.1 Å². The van der Waals surface area contributed by atoms with Gasteiger partial charge in [0.1, 0.15) is 11.6 Å². The van der Waals surface area contributed by atoms with Crippen molar-refractivity contribution >= 4 is 17.6 Å². The topological polar surface area (TPSA) is 63.7 Å². The van der Waals surface area contributed by atoms with Gasteiger partial charge in [-0.2, -0.15) is 13.2 Å². The predicted octanol–water partition coefficient (Wildman–Crippen LogP) is 6.30. The van der Waals surface area contributed by atoms with Gasteiger partial charge in [0.05, 0.1) is 29.7 Å². The molecule has 0 saturated carbocycles. The van der Waals surface area contributed by atoms with E-state index in [1.54, 1.807) is 37.4 Å². The van der Waals surface area contributed by atoms with Crippen LogP contribution in [-0.4, -0.2) is 36.4 Å². The minimum Gasteiger partial charge on any atom is -0.410 e. The molecule has 2 unspecified atom stereocenters. The summed E-state index contributed by atoms with van der Waals surface area (Å²) in [6.07, 6.45) is -3.32. The van der Waals surface area contributed by atoms with Crippen LogP contribution < -0.4 is 15.0 Å². The average Bonchev–Trinajstić information content (AvgIpc) is 2.80. The molecule has 0 spiro atoms. The zero-order valence-corrected chi connectivity index (χ0v) is 19.6. The number of nitrogens with one attached hydrogen (secondary N) is 1. The molecule has 6 nitrogen and oxygen atoms in total. The molecule has 1 aromatic heterocycles. The lowest BCUT2D eigenvalue weighted by Crippen LogP contribution is -2.45. The fourth-order valence-corrected chi connectivity index (χ4v) is 4.13. The average molecular weight is 486 g/mol. The van der Waals surface area contributed by atoms with Crippen molar-refractivity contribution in [1.82, 2.24) is 4.98 Å². The van der Waals surface area contributed by atoms with Gasteiger partial charge in [0.2, 0.25) is 0 Å². The number of alkyl halides is 3. The van der Waals surface area contributed by atoms with Gasteiger partial charge in [-0.1, -0.05) is 24.3 Å². The van der Waals surface area contributed by atoms with E-state index >= 15 is 0 Å². The fraction of sp³-hybridized carbons (Fsp3) is 0.308. The summed E-state index contributed by atoms with van der Waals surface area (Å²) in [5, 5.41) is 2.66. The second-order valence-electron chi connectivity index (χ2n) is 8.59. The van der Waals surface area contributed by atoms with Crippen LogP contribution in [0.1, 0.15) is 25.0 Å². The lowest BCUT2D eigenvalue weighted by molar-refractivity contribution is -0.137. The summed E-state index contributed by atoms with van der Waals surface area (Å²) in [6, 6.07) is 13.5. The lowest BCUT2D eigenvalue weighted by atomic mass is 9.99. The molecule has 4 rings (SSSR count). The van der Waals surface area contributed by atoms with Crippen molar-refractivity contribution in [3.05, 3.63) is 71.9 Å². The number of amides is 1. The molecule has 35 heavy (non-hydrogen) atoms. The van der Waals surface area contributed by atoms with Crippen LogP contribution >= 0.6 is 0 Å². The van der Waals surface area contributed by atoms with E-state index in [4.69, 9.17) is 9.47 Å². The predicted molar refractivity (Wildman–Crippen MR) is 128 cm³/mol. The Morgan fingerprint density at radius 3 is 2.34 bits per heavy atom. The van der Waals surface area contributed by atoms with E-state index < -0.39 is 17.8 Å². The first-order valence-electron chi connectivity index (χ1n) is 11.2. The minimum absolute atomic E-state index is 0.106. The van der Waals surface area contributed by atoms with Crippen LogP contribution in [-0.2, 0) is 10.9 Å². The highest BCUT2D eigenvalue weighted by Gasteiger charge is 2.30. The summed E-state index contributed by atoms with van der Waals surface area (Å²) in [5.41, 5.74) is 1.65. The normalized spacial score (nSPS) is 18.3. The largest absolute Gasteiger partial charge is 0.417 e. The van der Waals surface area contributed by atoms with Gasteiger partial charge >= 0.3 is 12.3 Å². The van der Waals surface area contributed by atoms with Gasteiger partial charge in [-0.3, -0.25) is 5.32 Å². The quantitative estimate of drug-likeness (QED) is 0.470. The number of carbonyl (C=O) groups is 1. The summed E-state index contributed by atoms with van der Waals surface area (Å²) in [4.78, 5) is 19.1. The van der Waals surface area contributed by atoms with Crippen molar-refractivity contribution in [2.75, 3.05) is 23.3 Å². The number of carbonyl (C=O) groups excluding carboxylic acids is 1. The zero-order chi connectivity index (χ0) is 25.2. The third-order valence-electron chi connectivity index (χ3n) is 5.75. The first-order valence-corrected chi connectivity index (χ1v) is 11.2. The first-order chi connectivity index (χ1) is 16.6. The molecular weight excluding hydrogens is 459 g/mol. The standard InChI is InChI=1S/C26H26F3N3O3/c1-16-14-32(15-17(2)34-16)24-12-11-21(13-30-24)31-25(33)35-23-6-4-5-22(18(23)3)19-7-9-20(10-8-19)26(27,28)29/h4-13,16-17H,14-15H2,1-3H3,(H,31,33). The number of hydrogen-bond donors (Lipinski definition) is 1. The van der Waals surface area contributed by atoms with Gasteiger partial charge in [0.25, 0.3) is 0 Å². The van der Waals surface area contributed by atoms with Gasteiger partial charge in [0.15, 0.2) is 0 Å². The van der Waals surface area contributed by atoms with E-state index in [0.29, 0.717) is 28.1 Å². The number of ether oxygens (including phenoxy) is 2. The molecule has 184 valence electrons. The third kappa shape index (κ3) is 5.92. The van der Waals surface area contributed by atoms with Gasteiger partial charge in [-0.05, 0) is 67.8 Å². The van der Waals surface area contributed by atoms with E-state index in [0.717, 1.165) is 31.0 Å². The monoisotopic (exact) mass is 485 g/mol. The highest BCUT2D eigenvalue weighted by atomic mass is 19.4. The van der Waals surface area contributed by atoms with Gasteiger partial charge in [0, 0.05) is 13.1 Å². The molecule has 0 aliphatic carbocycles. The number of morpholine rings is 1. The Morgan fingerprint density at radius 1 is 1.06 bits per heavy atom. The molecule has 3 aromatic rings. The maximum Gasteiger partial charge on any atom is 0.417 e. The number of pyridine rings is 1. The maximum absolute atomic E-state index is 12.9. The van der Waals surface area contributed by atoms with Crippen molar-refractivity contribution in [2.45, 2.75) is 39.2 Å². The zero-order valence-electron chi connectivity index (χ0n) is 19.6. The molecular formula is C26H26F3N3O3. The number of nitrogens with zero attached hydrogens (tertiary/aromatic N) is 2. The van der Waals surface area contributed by atoms with Crippen molar-refractivity contribution < 1.29 is 27.4 Å². The molecule has 1 saturated heterocycles. The number of anilines is 2. The fourth-order valence-electron chi connectivity index (χ4n) is 4.13. The highest BCUT2D eigenvalue weighted by molar-refractivity contribution is 5.87. The van der Waals surface area contributed by atoms with E-state index in [9.17, 15) is 18.0 Å². The van der Waals surface area contributed by atoms with Crippen molar-refractivity contribution in [3.63, 3.8) is 0 Å². The summed E-state index contributed by atoms with van der Waals surface area (Å²) in [6.45, 7) is 7.25. The van der Waals surface area contributed by atoms with Gasteiger partial charge < -0.3 is 14.4 Å². The number of aromatic nitrogens is 1. The number of benzene rings is 2. The Hall–Kier alpha value is -3.59. The molecule has 0 radical (unpaired) electrons. The van der Waals surface area contributed by atoms with Crippen LogP contribution in [0.2, 0.25) is 0 Å². The van der Waals surface area contributed by atoms with Crippen molar-refractivity contribution in [2.24, 2.45) is 0 Å². The molecule has 2 atom stereocenters. The second-order valence-corrected chi connectivity index (χ2v) is 8.59. The maximum atomic E-state index is 12.9. The van der Waals surface area contributed by atoms with E-state index in [2.05, 4.69) is 15.2 Å². The molecule has 1 fully saturated rings. The molecule has 9 heteroatoms. The Labute approximate surface area is 201 Å². The Balaban J connectivity index is 1.42. The Bertz CT molecular complexity index is 1170. The molecule has 1 amide bonds. The van der Waals surface area contributed by atoms with Gasteiger partial charge in [-0.25, -0.2) is 9.78 Å². The van der Waals surface area contributed by atoms with Crippen LogP contribution in [0.25, 0.3) is 11.1 Å². The lowest BCUT2D eigenvalue weighted by Gasteiger charge is -2.36. The molecule has 1 N–H and O–H groups in total. The Morgan fingerprint density at radius 2 is 1.74 bits per heavy atom. The van der Waals surface area contributed by atoms with Gasteiger partial charge in [-0.15, -0.1) is 0 Å². The SMILES string of the molecule is Cc1c(OC(=O)Nc2ccc(N3CC(C)OC(C)C3)nc2)cccc1-c1ccc(C(F)(F)F)cc1. The van der Waals surface area contributed by atoms with Crippen LogP contribution in [0, 0.1) is 6.92 Å². The van der Waals surface area contributed by atoms with Crippen LogP contribution in [0.3, 0.4) is 0 Å². The van der Waals surface area contributed by atoms with E-state index in [1.807, 2.05) is 19.9 Å². The highest BCUT2D eigenvalue weighted by Crippen LogP contribution is 2.34. The summed E-state index contributed by atoms with van der Waals surface area (Å²) in [5.74, 6) is 1.10. The Kier molecular flexibility index (Phi) is 6.98. The first kappa shape index (κ1) is 24.5. The molecule has 2 aromatic carbocycles. The van der Waals surface area contributed by atoms with E-state index in [-0.39, 0.29) is 12.2 Å². The number of halogens is 3. The number of hydrogen-bond acceptors (Lipinski definition) is 5. The summed E-state index contributed by atoms with van der Waals surface area (Å²) >= 11 is 0. The molecule has 0 bridgehead atoms. The second kappa shape index (κ2) is 9.95. The van der Waals surface area contributed by atoms with Crippen LogP contribution in [0.5, 0.6) is 5.75 Å². The third-order valence-corrected chi connectivity index (χ3v) is 5.75. The van der Waals surface area contributed by atoms with Crippen LogP contribution in [0.4, 0.5) is 29.5 Å². The van der Waals surface area contributed by atoms with Crippen LogP contribution in [0.15, 0.2) is 60.8 Å². The molecule has 1 aliphatic heterocycles.